The van der Waals surface area contributed by atoms with Crippen molar-refractivity contribution >= 4 is 23.5 Å². The molecule has 7 nitrogen and oxygen atoms in total. The molecule has 0 radical (unpaired) electrons. The molecular weight excluding hydrogens is 332 g/mol. The van der Waals surface area contributed by atoms with Gasteiger partial charge in [-0.15, -0.1) is 0 Å². The summed E-state index contributed by atoms with van der Waals surface area (Å²) in [7, 11) is 1.78. The summed E-state index contributed by atoms with van der Waals surface area (Å²) in [6.07, 6.45) is 4.55. The lowest BCUT2D eigenvalue weighted by Crippen LogP contribution is -2.40. The van der Waals surface area contributed by atoms with E-state index >= 15 is 0 Å². The molecule has 3 N–H and O–H groups in total. The SMILES string of the molecule is CN(CC1CN(c2cccc(C(=N)N)c2)C(=O)O1)C(=O)C1CCCCC1. The van der Waals surface area contributed by atoms with Crippen molar-refractivity contribution in [2.45, 2.75) is 38.2 Å². The van der Waals surface area contributed by atoms with Crippen LogP contribution in [0.3, 0.4) is 0 Å². The number of hydrogen-bond donors (Lipinski definition) is 2. The highest BCUT2D eigenvalue weighted by Crippen LogP contribution is 2.26. The summed E-state index contributed by atoms with van der Waals surface area (Å²) in [5, 5.41) is 7.53. The number of carbonyl (C=O) groups is 2. The van der Waals surface area contributed by atoms with Gasteiger partial charge in [0.2, 0.25) is 5.91 Å². The van der Waals surface area contributed by atoms with Crippen molar-refractivity contribution in [3.63, 3.8) is 0 Å². The van der Waals surface area contributed by atoms with Gasteiger partial charge >= 0.3 is 6.09 Å². The zero-order chi connectivity index (χ0) is 18.7. The summed E-state index contributed by atoms with van der Waals surface area (Å²) in [4.78, 5) is 28.0. The fraction of sp³-hybridized carbons (Fsp3) is 0.526. The number of amidine groups is 1. The highest BCUT2D eigenvalue weighted by Gasteiger charge is 2.35. The molecular formula is C19H26N4O3. The second kappa shape index (κ2) is 7.76. The lowest BCUT2D eigenvalue weighted by Gasteiger charge is -2.27. The number of anilines is 1. The van der Waals surface area contributed by atoms with E-state index in [1.54, 1.807) is 36.2 Å². The Morgan fingerprint density at radius 3 is 2.77 bits per heavy atom. The topological polar surface area (TPSA) is 99.7 Å². The zero-order valence-electron chi connectivity index (χ0n) is 15.1. The molecule has 1 aliphatic heterocycles. The molecule has 0 aromatic heterocycles. The predicted octanol–water partition coefficient (Wildman–Crippen LogP) is 2.33. The van der Waals surface area contributed by atoms with E-state index in [-0.39, 0.29) is 23.8 Å². The van der Waals surface area contributed by atoms with Gasteiger partial charge in [-0.25, -0.2) is 4.79 Å². The molecule has 2 fully saturated rings. The van der Waals surface area contributed by atoms with Crippen LogP contribution in [0.5, 0.6) is 0 Å². The zero-order valence-corrected chi connectivity index (χ0v) is 15.1. The normalized spacial score (nSPS) is 20.7. The second-order valence-corrected chi connectivity index (χ2v) is 7.13. The van der Waals surface area contributed by atoms with Crippen LogP contribution in [0.2, 0.25) is 0 Å². The molecule has 140 valence electrons. The third-order valence-electron chi connectivity index (χ3n) is 5.15. The monoisotopic (exact) mass is 358 g/mol. The van der Waals surface area contributed by atoms with Gasteiger partial charge in [0.05, 0.1) is 13.1 Å². The summed E-state index contributed by atoms with van der Waals surface area (Å²) in [6.45, 7) is 0.770. The lowest BCUT2D eigenvalue weighted by atomic mass is 9.88. The van der Waals surface area contributed by atoms with E-state index in [0.717, 1.165) is 25.7 Å². The largest absolute Gasteiger partial charge is 0.442 e. The maximum absolute atomic E-state index is 12.6. The first kappa shape index (κ1) is 18.2. The Bertz CT molecular complexity index is 700. The van der Waals surface area contributed by atoms with Crippen LogP contribution in [0.4, 0.5) is 10.5 Å². The molecule has 1 heterocycles. The van der Waals surface area contributed by atoms with Crippen molar-refractivity contribution in [1.82, 2.24) is 4.90 Å². The molecule has 2 amide bonds. The van der Waals surface area contributed by atoms with Gasteiger partial charge in [-0.3, -0.25) is 15.1 Å². The number of nitrogen functional groups attached to an aromatic ring is 1. The van der Waals surface area contributed by atoms with Gasteiger partial charge in [0.25, 0.3) is 0 Å². The Balaban J connectivity index is 1.61. The van der Waals surface area contributed by atoms with E-state index < -0.39 is 6.09 Å². The maximum Gasteiger partial charge on any atom is 0.414 e. The van der Waals surface area contributed by atoms with Crippen molar-refractivity contribution < 1.29 is 14.3 Å². The minimum atomic E-state index is -0.436. The highest BCUT2D eigenvalue weighted by molar-refractivity contribution is 5.97. The number of amides is 2. The van der Waals surface area contributed by atoms with Crippen molar-refractivity contribution in [3.05, 3.63) is 29.8 Å². The minimum Gasteiger partial charge on any atom is -0.442 e. The van der Waals surface area contributed by atoms with E-state index in [1.165, 1.54) is 11.3 Å². The molecule has 0 bridgehead atoms. The molecule has 1 aliphatic carbocycles. The van der Waals surface area contributed by atoms with Gasteiger partial charge in [0.1, 0.15) is 11.9 Å². The molecule has 26 heavy (non-hydrogen) atoms. The van der Waals surface area contributed by atoms with E-state index in [1.807, 2.05) is 0 Å². The Kier molecular flexibility index (Phi) is 5.44. The number of nitrogens with one attached hydrogen (secondary N) is 1. The average Bonchev–Trinajstić information content (AvgIpc) is 3.02. The molecule has 1 aromatic rings. The van der Waals surface area contributed by atoms with Gasteiger partial charge in [0, 0.05) is 24.2 Å². The van der Waals surface area contributed by atoms with Crippen LogP contribution in [0.1, 0.15) is 37.7 Å². The number of nitrogens with zero attached hydrogens (tertiary/aromatic N) is 2. The van der Waals surface area contributed by atoms with Crippen molar-refractivity contribution in [1.29, 1.82) is 5.41 Å². The van der Waals surface area contributed by atoms with Crippen molar-refractivity contribution in [2.75, 3.05) is 25.0 Å². The maximum atomic E-state index is 12.6. The Morgan fingerprint density at radius 1 is 1.35 bits per heavy atom. The smallest absolute Gasteiger partial charge is 0.414 e. The Morgan fingerprint density at radius 2 is 2.08 bits per heavy atom. The van der Waals surface area contributed by atoms with E-state index in [9.17, 15) is 9.59 Å². The quantitative estimate of drug-likeness (QED) is 0.623. The van der Waals surface area contributed by atoms with Crippen LogP contribution < -0.4 is 10.6 Å². The number of ether oxygens (including phenoxy) is 1. The Labute approximate surface area is 153 Å². The van der Waals surface area contributed by atoms with E-state index in [0.29, 0.717) is 24.3 Å². The molecule has 1 saturated carbocycles. The summed E-state index contributed by atoms with van der Waals surface area (Å²) >= 11 is 0. The van der Waals surface area contributed by atoms with Gasteiger partial charge in [-0.2, -0.15) is 0 Å². The number of hydrogen-bond acceptors (Lipinski definition) is 4. The first-order chi connectivity index (χ1) is 12.5. The third-order valence-corrected chi connectivity index (χ3v) is 5.15. The lowest BCUT2D eigenvalue weighted by molar-refractivity contribution is -0.136. The molecule has 1 atom stereocenters. The number of carbonyl (C=O) groups excluding carboxylic acids is 2. The molecule has 2 aliphatic rings. The van der Waals surface area contributed by atoms with E-state index in [2.05, 4.69) is 0 Å². The molecule has 3 rings (SSSR count). The summed E-state index contributed by atoms with van der Waals surface area (Å²) < 4.78 is 5.45. The van der Waals surface area contributed by atoms with Crippen LogP contribution in [0.25, 0.3) is 0 Å². The second-order valence-electron chi connectivity index (χ2n) is 7.13. The predicted molar refractivity (Wildman–Crippen MR) is 99.3 cm³/mol. The van der Waals surface area contributed by atoms with Gasteiger partial charge in [0.15, 0.2) is 0 Å². The molecule has 1 aromatic carbocycles. The molecule has 0 spiro atoms. The molecule has 1 unspecified atom stereocenters. The number of likely N-dealkylation sites (N-methyl/N-ethyl adjacent to an activating group) is 1. The number of cyclic esters (lactones) is 1. The van der Waals surface area contributed by atoms with Crippen LogP contribution in [0, 0.1) is 11.3 Å². The van der Waals surface area contributed by atoms with Crippen LogP contribution >= 0.6 is 0 Å². The van der Waals surface area contributed by atoms with Crippen LogP contribution in [0.15, 0.2) is 24.3 Å². The minimum absolute atomic E-state index is 0.0474. The molecule has 7 heteroatoms. The standard InChI is InChI=1S/C19H26N4O3/c1-22(18(24)13-6-3-2-4-7-13)11-16-12-23(19(25)26-16)15-9-5-8-14(10-15)17(20)21/h5,8-10,13,16H,2-4,6-7,11-12H2,1H3,(H3,20,21). The fourth-order valence-corrected chi connectivity index (χ4v) is 3.73. The number of nitrogens with two attached hydrogens (primary N) is 1. The molecule has 1 saturated heterocycles. The Hall–Kier alpha value is -2.57. The van der Waals surface area contributed by atoms with Crippen LogP contribution in [-0.2, 0) is 9.53 Å². The fourth-order valence-electron chi connectivity index (χ4n) is 3.73. The number of benzene rings is 1. The summed E-state index contributed by atoms with van der Waals surface area (Å²) in [6, 6.07) is 6.96. The van der Waals surface area contributed by atoms with Crippen molar-refractivity contribution in [2.24, 2.45) is 11.7 Å². The first-order valence-corrected chi connectivity index (χ1v) is 9.13. The van der Waals surface area contributed by atoms with Crippen molar-refractivity contribution in [3.8, 4) is 0 Å². The summed E-state index contributed by atoms with van der Waals surface area (Å²) in [5.74, 6) is 0.209. The van der Waals surface area contributed by atoms with E-state index in [4.69, 9.17) is 15.9 Å². The highest BCUT2D eigenvalue weighted by atomic mass is 16.6. The van der Waals surface area contributed by atoms with Crippen LogP contribution in [-0.4, -0.2) is 49.0 Å². The third kappa shape index (κ3) is 3.98. The van der Waals surface area contributed by atoms with Gasteiger partial charge in [-0.1, -0.05) is 31.4 Å². The number of rotatable bonds is 5. The van der Waals surface area contributed by atoms with Gasteiger partial charge in [-0.05, 0) is 25.0 Å². The first-order valence-electron chi connectivity index (χ1n) is 9.13. The summed E-state index contributed by atoms with van der Waals surface area (Å²) in [5.41, 5.74) is 6.72. The average molecular weight is 358 g/mol. The van der Waals surface area contributed by atoms with Gasteiger partial charge < -0.3 is 15.4 Å².